The second-order valence-corrected chi connectivity index (χ2v) is 8.98. The fourth-order valence-electron chi connectivity index (χ4n) is 2.61. The molecule has 0 atom stereocenters. The van der Waals surface area contributed by atoms with E-state index in [1.807, 2.05) is 26.0 Å². The van der Waals surface area contributed by atoms with Crippen LogP contribution in [0.25, 0.3) is 0 Å². The first kappa shape index (κ1) is 22.7. The van der Waals surface area contributed by atoms with Gasteiger partial charge < -0.3 is 15.4 Å². The molecule has 0 heterocycles. The Bertz CT molecular complexity index is 910. The van der Waals surface area contributed by atoms with Crippen molar-refractivity contribution < 1.29 is 17.9 Å². The zero-order chi connectivity index (χ0) is 21.4. The van der Waals surface area contributed by atoms with Crippen molar-refractivity contribution in [3.63, 3.8) is 0 Å². The van der Waals surface area contributed by atoms with Gasteiger partial charge in [-0.25, -0.2) is 17.9 Å². The summed E-state index contributed by atoms with van der Waals surface area (Å²) in [6.45, 7) is 7.72. The van der Waals surface area contributed by atoms with Crippen molar-refractivity contribution in [3.8, 4) is 5.75 Å². The lowest BCUT2D eigenvalue weighted by atomic mass is 10.2. The van der Waals surface area contributed by atoms with E-state index >= 15 is 0 Å². The number of carbonyl (C=O) groups is 1. The van der Waals surface area contributed by atoms with Crippen LogP contribution in [0.4, 0.5) is 10.5 Å². The highest BCUT2D eigenvalue weighted by atomic mass is 32.2. The number of rotatable bonds is 9. The molecule has 0 aliphatic rings. The molecule has 2 aromatic rings. The Morgan fingerprint density at radius 1 is 0.966 bits per heavy atom. The van der Waals surface area contributed by atoms with Gasteiger partial charge in [0.2, 0.25) is 10.0 Å². The molecule has 0 unspecified atom stereocenters. The van der Waals surface area contributed by atoms with Crippen molar-refractivity contribution in [2.75, 3.05) is 11.9 Å². The Labute approximate surface area is 172 Å². The minimum atomic E-state index is -3.49. The van der Waals surface area contributed by atoms with E-state index in [9.17, 15) is 13.2 Å². The van der Waals surface area contributed by atoms with Crippen LogP contribution < -0.4 is 20.1 Å². The van der Waals surface area contributed by atoms with Gasteiger partial charge in [0, 0.05) is 18.5 Å². The van der Waals surface area contributed by atoms with E-state index in [1.54, 1.807) is 50.2 Å². The molecule has 29 heavy (non-hydrogen) atoms. The van der Waals surface area contributed by atoms with Gasteiger partial charge in [-0.2, -0.15) is 0 Å². The number of anilines is 1. The topological polar surface area (TPSA) is 96.5 Å². The van der Waals surface area contributed by atoms with Crippen LogP contribution in [-0.2, 0) is 16.4 Å². The standard InChI is InChI=1S/C21H29N3O4S/c1-15(2)22-21(25)23-19-7-5-6-8-20(19)28-14-13-17-9-11-18(12-10-17)29(26,27)24-16(3)4/h5-12,15-16,24H,13-14H2,1-4H3,(H2,22,23,25). The lowest BCUT2D eigenvalue weighted by molar-refractivity contribution is 0.249. The second kappa shape index (κ2) is 10.3. The van der Waals surface area contributed by atoms with Crippen LogP contribution in [0.5, 0.6) is 5.75 Å². The number of hydrogen-bond acceptors (Lipinski definition) is 4. The van der Waals surface area contributed by atoms with E-state index in [1.165, 1.54) is 0 Å². The van der Waals surface area contributed by atoms with Crippen molar-refractivity contribution in [2.45, 2.75) is 51.1 Å². The van der Waals surface area contributed by atoms with Gasteiger partial charge in [-0.05, 0) is 57.5 Å². The zero-order valence-corrected chi connectivity index (χ0v) is 18.0. The van der Waals surface area contributed by atoms with Crippen LogP contribution in [0.1, 0.15) is 33.3 Å². The van der Waals surface area contributed by atoms with Gasteiger partial charge >= 0.3 is 6.03 Å². The normalized spacial score (nSPS) is 11.5. The third-order valence-electron chi connectivity index (χ3n) is 3.83. The molecule has 0 fully saturated rings. The zero-order valence-electron chi connectivity index (χ0n) is 17.2. The summed E-state index contributed by atoms with van der Waals surface area (Å²) in [6, 6.07) is 13.5. The van der Waals surface area contributed by atoms with E-state index in [2.05, 4.69) is 15.4 Å². The molecule has 2 aromatic carbocycles. The van der Waals surface area contributed by atoms with E-state index in [0.29, 0.717) is 24.5 Å². The molecular weight excluding hydrogens is 390 g/mol. The molecule has 158 valence electrons. The number of hydrogen-bond donors (Lipinski definition) is 3. The highest BCUT2D eigenvalue weighted by Crippen LogP contribution is 2.24. The summed E-state index contributed by atoms with van der Waals surface area (Å²) >= 11 is 0. The fraction of sp³-hybridized carbons (Fsp3) is 0.381. The molecule has 2 rings (SSSR count). The second-order valence-electron chi connectivity index (χ2n) is 7.27. The molecule has 0 radical (unpaired) electrons. The molecule has 8 heteroatoms. The summed E-state index contributed by atoms with van der Waals surface area (Å²) in [7, 11) is -3.49. The Morgan fingerprint density at radius 3 is 2.24 bits per heavy atom. The average Bonchev–Trinajstić information content (AvgIpc) is 2.62. The summed E-state index contributed by atoms with van der Waals surface area (Å²) in [6.07, 6.45) is 0.602. The van der Waals surface area contributed by atoms with Gasteiger partial charge in [0.15, 0.2) is 0 Å². The number of para-hydroxylation sites is 2. The number of amides is 2. The molecule has 0 bridgehead atoms. The predicted octanol–water partition coefficient (Wildman–Crippen LogP) is 3.52. The van der Waals surface area contributed by atoms with Gasteiger partial charge in [-0.3, -0.25) is 0 Å². The van der Waals surface area contributed by atoms with Crippen molar-refractivity contribution in [1.29, 1.82) is 0 Å². The minimum Gasteiger partial charge on any atom is -0.491 e. The number of ether oxygens (including phenoxy) is 1. The minimum absolute atomic E-state index is 0.0330. The van der Waals surface area contributed by atoms with Crippen LogP contribution in [0, 0.1) is 0 Å². The number of benzene rings is 2. The number of nitrogens with one attached hydrogen (secondary N) is 3. The van der Waals surface area contributed by atoms with Crippen LogP contribution in [-0.4, -0.2) is 33.1 Å². The maximum absolute atomic E-state index is 12.2. The summed E-state index contributed by atoms with van der Waals surface area (Å²) in [5.74, 6) is 0.576. The largest absolute Gasteiger partial charge is 0.491 e. The Hall–Kier alpha value is -2.58. The smallest absolute Gasteiger partial charge is 0.319 e. The molecule has 0 aliphatic carbocycles. The molecule has 2 amide bonds. The molecule has 0 aromatic heterocycles. The van der Waals surface area contributed by atoms with E-state index < -0.39 is 10.0 Å². The van der Waals surface area contributed by atoms with Crippen LogP contribution in [0.2, 0.25) is 0 Å². The SMILES string of the molecule is CC(C)NC(=O)Nc1ccccc1OCCc1ccc(S(=O)(=O)NC(C)C)cc1. The number of carbonyl (C=O) groups excluding carboxylic acids is 1. The van der Waals surface area contributed by atoms with Crippen LogP contribution in [0.15, 0.2) is 53.4 Å². The Kier molecular flexibility index (Phi) is 8.04. The van der Waals surface area contributed by atoms with Crippen molar-refractivity contribution in [3.05, 3.63) is 54.1 Å². The molecule has 0 saturated heterocycles. The highest BCUT2D eigenvalue weighted by Gasteiger charge is 2.15. The molecule has 0 aliphatic heterocycles. The first-order valence-corrected chi connectivity index (χ1v) is 11.1. The summed E-state index contributed by atoms with van der Waals surface area (Å²) < 4.78 is 32.7. The molecule has 3 N–H and O–H groups in total. The van der Waals surface area contributed by atoms with Gasteiger partial charge in [0.05, 0.1) is 17.2 Å². The van der Waals surface area contributed by atoms with E-state index in [4.69, 9.17) is 4.74 Å². The fourth-order valence-corrected chi connectivity index (χ4v) is 3.86. The van der Waals surface area contributed by atoms with Crippen LogP contribution in [0.3, 0.4) is 0 Å². The number of sulfonamides is 1. The summed E-state index contributed by atoms with van der Waals surface area (Å²) in [5.41, 5.74) is 1.54. The molecule has 0 saturated carbocycles. The maximum Gasteiger partial charge on any atom is 0.319 e. The maximum atomic E-state index is 12.2. The highest BCUT2D eigenvalue weighted by molar-refractivity contribution is 7.89. The monoisotopic (exact) mass is 419 g/mol. The average molecular weight is 420 g/mol. The van der Waals surface area contributed by atoms with Crippen molar-refractivity contribution in [1.82, 2.24) is 10.0 Å². The van der Waals surface area contributed by atoms with E-state index in [-0.39, 0.29) is 23.0 Å². The first-order chi connectivity index (χ1) is 13.7. The summed E-state index contributed by atoms with van der Waals surface area (Å²) in [5, 5.41) is 5.55. The quantitative estimate of drug-likeness (QED) is 0.579. The third-order valence-corrected chi connectivity index (χ3v) is 5.50. The molecular formula is C21H29N3O4S. The van der Waals surface area contributed by atoms with Crippen LogP contribution >= 0.6 is 0 Å². The Balaban J connectivity index is 1.94. The first-order valence-electron chi connectivity index (χ1n) is 9.58. The Morgan fingerprint density at radius 2 is 1.62 bits per heavy atom. The van der Waals surface area contributed by atoms with Gasteiger partial charge in [-0.1, -0.05) is 24.3 Å². The lowest BCUT2D eigenvalue weighted by Crippen LogP contribution is -2.34. The van der Waals surface area contributed by atoms with Gasteiger partial charge in [0.1, 0.15) is 5.75 Å². The predicted molar refractivity (Wildman–Crippen MR) is 115 cm³/mol. The lowest BCUT2D eigenvalue weighted by Gasteiger charge is -2.14. The van der Waals surface area contributed by atoms with Gasteiger partial charge in [0.25, 0.3) is 0 Å². The van der Waals surface area contributed by atoms with Crippen molar-refractivity contribution >= 4 is 21.7 Å². The summed E-state index contributed by atoms with van der Waals surface area (Å²) in [4.78, 5) is 12.2. The number of urea groups is 1. The van der Waals surface area contributed by atoms with Crippen molar-refractivity contribution in [2.24, 2.45) is 0 Å². The molecule has 0 spiro atoms. The third kappa shape index (κ3) is 7.40. The van der Waals surface area contributed by atoms with E-state index in [0.717, 1.165) is 5.56 Å². The van der Waals surface area contributed by atoms with Gasteiger partial charge in [-0.15, -0.1) is 0 Å². The molecule has 7 nitrogen and oxygen atoms in total.